The maximum absolute atomic E-state index is 13.2. The molecule has 3 heterocycles. The largest absolute Gasteiger partial charge is 0.417 e. The standard InChI is InChI=1S/C33H31ClF3N9O/c1-20-5-7-25(42-32(47)41-24-8-9-27(34)26(17-24)33(35,36)37)18-29(20)43-30-39-21(2)40-31(44-30)46-14-12-45(13-15-46)19-22-6-10-28-23(16-22)4-3-11-38-28/h3-11,16-18H,12-15,19H2,1-2H3,(H2,41,42,47)(H,39,40,43,44). The van der Waals surface area contributed by atoms with Crippen LogP contribution in [-0.4, -0.2) is 57.0 Å². The number of hydrogen-bond acceptors (Lipinski definition) is 8. The Morgan fingerprint density at radius 2 is 1.64 bits per heavy atom. The number of benzene rings is 3. The van der Waals surface area contributed by atoms with E-state index >= 15 is 0 Å². The van der Waals surface area contributed by atoms with Crippen molar-refractivity contribution < 1.29 is 18.0 Å². The zero-order chi connectivity index (χ0) is 33.1. The van der Waals surface area contributed by atoms with Crippen molar-refractivity contribution >= 4 is 57.5 Å². The van der Waals surface area contributed by atoms with Crippen LogP contribution in [0.5, 0.6) is 0 Å². The third kappa shape index (κ3) is 7.87. The summed E-state index contributed by atoms with van der Waals surface area (Å²) < 4.78 is 39.7. The molecule has 2 aromatic heterocycles. The molecule has 6 rings (SSSR count). The minimum absolute atomic E-state index is 0.0510. The average molecular weight is 662 g/mol. The first-order valence-electron chi connectivity index (χ1n) is 14.9. The van der Waals surface area contributed by atoms with Gasteiger partial charge in [0.15, 0.2) is 0 Å². The Hall–Kier alpha value is -5.01. The van der Waals surface area contributed by atoms with Crippen molar-refractivity contribution in [1.82, 2.24) is 24.8 Å². The number of alkyl halides is 3. The van der Waals surface area contributed by atoms with Gasteiger partial charge in [0.1, 0.15) is 5.82 Å². The van der Waals surface area contributed by atoms with E-state index in [0.29, 0.717) is 29.1 Å². The minimum Gasteiger partial charge on any atom is -0.338 e. The molecular formula is C33H31ClF3N9O. The van der Waals surface area contributed by atoms with Gasteiger partial charge in [0, 0.05) is 61.4 Å². The van der Waals surface area contributed by atoms with Crippen molar-refractivity contribution in [2.24, 2.45) is 0 Å². The Morgan fingerprint density at radius 3 is 2.40 bits per heavy atom. The molecular weight excluding hydrogens is 631 g/mol. The van der Waals surface area contributed by atoms with Gasteiger partial charge in [-0.15, -0.1) is 0 Å². The Bertz CT molecular complexity index is 1930. The van der Waals surface area contributed by atoms with Gasteiger partial charge in [0.05, 0.1) is 16.1 Å². The third-order valence-electron chi connectivity index (χ3n) is 7.74. The molecule has 2 amide bonds. The molecule has 1 fully saturated rings. The highest BCUT2D eigenvalue weighted by Crippen LogP contribution is 2.36. The molecule has 5 aromatic rings. The van der Waals surface area contributed by atoms with Crippen LogP contribution in [0.1, 0.15) is 22.5 Å². The maximum Gasteiger partial charge on any atom is 0.417 e. The first-order valence-corrected chi connectivity index (χ1v) is 15.2. The first kappa shape index (κ1) is 32.0. The van der Waals surface area contributed by atoms with Crippen LogP contribution in [0.2, 0.25) is 5.02 Å². The number of anilines is 5. The van der Waals surface area contributed by atoms with Crippen molar-refractivity contribution in [2.75, 3.05) is 47.0 Å². The highest BCUT2D eigenvalue weighted by Gasteiger charge is 2.33. The van der Waals surface area contributed by atoms with Crippen molar-refractivity contribution in [3.63, 3.8) is 0 Å². The number of halogens is 4. The number of fused-ring (bicyclic) bond motifs is 1. The fourth-order valence-electron chi connectivity index (χ4n) is 5.32. The fourth-order valence-corrected chi connectivity index (χ4v) is 5.55. The quantitative estimate of drug-likeness (QED) is 0.165. The lowest BCUT2D eigenvalue weighted by Crippen LogP contribution is -2.46. The number of hydrogen-bond donors (Lipinski definition) is 3. The summed E-state index contributed by atoms with van der Waals surface area (Å²) in [6.07, 6.45) is -2.85. The molecule has 1 saturated heterocycles. The number of carbonyl (C=O) groups excluding carboxylic acids is 1. The minimum atomic E-state index is -4.65. The fraction of sp³-hybridized carbons (Fsp3) is 0.242. The molecule has 1 aliphatic rings. The summed E-state index contributed by atoms with van der Waals surface area (Å²) in [4.78, 5) is 35.3. The summed E-state index contributed by atoms with van der Waals surface area (Å²) >= 11 is 5.68. The van der Waals surface area contributed by atoms with E-state index in [1.807, 2.05) is 13.0 Å². The Kier molecular flexibility index (Phi) is 9.10. The SMILES string of the molecule is Cc1nc(Nc2cc(NC(=O)Nc3ccc(Cl)c(C(F)(F)F)c3)ccc2C)nc(N2CCN(Cc3ccc4ncccc4c3)CC2)n1. The topological polar surface area (TPSA) is 111 Å². The van der Waals surface area contributed by atoms with E-state index in [2.05, 4.69) is 70.0 Å². The summed E-state index contributed by atoms with van der Waals surface area (Å²) in [5, 5.41) is 8.97. The predicted octanol–water partition coefficient (Wildman–Crippen LogP) is 7.42. The molecule has 3 aromatic carbocycles. The van der Waals surface area contributed by atoms with E-state index < -0.39 is 22.8 Å². The number of pyridine rings is 1. The summed E-state index contributed by atoms with van der Waals surface area (Å²) in [6, 6.07) is 18.0. The smallest absolute Gasteiger partial charge is 0.338 e. The first-order chi connectivity index (χ1) is 22.5. The number of piperazine rings is 1. The number of carbonyl (C=O) groups is 1. The summed E-state index contributed by atoms with van der Waals surface area (Å²) in [5.74, 6) is 1.48. The second-order valence-electron chi connectivity index (χ2n) is 11.2. The van der Waals surface area contributed by atoms with Gasteiger partial charge in [-0.3, -0.25) is 9.88 Å². The molecule has 0 saturated carbocycles. The number of aromatic nitrogens is 4. The molecule has 0 unspecified atom stereocenters. The van der Waals surface area contributed by atoms with Crippen molar-refractivity contribution in [2.45, 2.75) is 26.6 Å². The van der Waals surface area contributed by atoms with E-state index in [-0.39, 0.29) is 5.69 Å². The lowest BCUT2D eigenvalue weighted by molar-refractivity contribution is -0.137. The number of urea groups is 1. The van der Waals surface area contributed by atoms with Crippen molar-refractivity contribution in [3.05, 3.63) is 100 Å². The number of rotatable bonds is 7. The normalized spacial score (nSPS) is 13.9. The molecule has 3 N–H and O–H groups in total. The highest BCUT2D eigenvalue weighted by molar-refractivity contribution is 6.31. The second-order valence-corrected chi connectivity index (χ2v) is 11.6. The van der Waals surface area contributed by atoms with Gasteiger partial charge in [-0.05, 0) is 73.5 Å². The zero-order valence-corrected chi connectivity index (χ0v) is 26.3. The maximum atomic E-state index is 13.2. The molecule has 0 bridgehead atoms. The van der Waals surface area contributed by atoms with Crippen LogP contribution in [0, 0.1) is 13.8 Å². The number of nitrogens with one attached hydrogen (secondary N) is 3. The van der Waals surface area contributed by atoms with E-state index in [1.54, 1.807) is 31.3 Å². The van der Waals surface area contributed by atoms with Crippen LogP contribution in [0.15, 0.2) is 72.9 Å². The average Bonchev–Trinajstić information content (AvgIpc) is 3.03. The van der Waals surface area contributed by atoms with Crippen LogP contribution >= 0.6 is 11.6 Å². The number of aryl methyl sites for hydroxylation is 2. The van der Waals surface area contributed by atoms with Gasteiger partial charge >= 0.3 is 12.2 Å². The molecule has 14 heteroatoms. The summed E-state index contributed by atoms with van der Waals surface area (Å²) in [5.41, 5.74) is 3.05. The van der Waals surface area contributed by atoms with Gasteiger partial charge in [-0.25, -0.2) is 4.79 Å². The molecule has 0 spiro atoms. The molecule has 10 nitrogen and oxygen atoms in total. The molecule has 0 atom stereocenters. The molecule has 0 radical (unpaired) electrons. The van der Waals surface area contributed by atoms with Crippen LogP contribution in [-0.2, 0) is 12.7 Å². The lowest BCUT2D eigenvalue weighted by atomic mass is 10.1. The Morgan fingerprint density at radius 1 is 0.894 bits per heavy atom. The Balaban J connectivity index is 1.08. The van der Waals surface area contributed by atoms with Crippen LogP contribution < -0.4 is 20.9 Å². The van der Waals surface area contributed by atoms with Crippen molar-refractivity contribution in [1.29, 1.82) is 0 Å². The number of nitrogens with zero attached hydrogens (tertiary/aromatic N) is 6. The molecule has 1 aliphatic heterocycles. The third-order valence-corrected chi connectivity index (χ3v) is 8.07. The van der Waals surface area contributed by atoms with Crippen LogP contribution in [0.25, 0.3) is 10.9 Å². The monoisotopic (exact) mass is 661 g/mol. The molecule has 242 valence electrons. The van der Waals surface area contributed by atoms with E-state index in [0.717, 1.165) is 61.3 Å². The van der Waals surface area contributed by atoms with Crippen LogP contribution in [0.4, 0.5) is 46.9 Å². The highest BCUT2D eigenvalue weighted by atomic mass is 35.5. The summed E-state index contributed by atoms with van der Waals surface area (Å²) in [6.45, 7) is 7.74. The van der Waals surface area contributed by atoms with Gasteiger partial charge in [-0.1, -0.05) is 29.8 Å². The van der Waals surface area contributed by atoms with Crippen molar-refractivity contribution in [3.8, 4) is 0 Å². The van der Waals surface area contributed by atoms with E-state index in [1.165, 1.54) is 11.6 Å². The van der Waals surface area contributed by atoms with Gasteiger partial charge in [0.2, 0.25) is 11.9 Å². The second kappa shape index (κ2) is 13.4. The zero-order valence-electron chi connectivity index (χ0n) is 25.6. The van der Waals surface area contributed by atoms with E-state index in [9.17, 15) is 18.0 Å². The molecule has 47 heavy (non-hydrogen) atoms. The summed E-state index contributed by atoms with van der Waals surface area (Å²) in [7, 11) is 0. The van der Waals surface area contributed by atoms with Gasteiger partial charge in [0.25, 0.3) is 0 Å². The predicted molar refractivity (Wildman–Crippen MR) is 177 cm³/mol. The van der Waals surface area contributed by atoms with Gasteiger partial charge in [-0.2, -0.15) is 28.1 Å². The van der Waals surface area contributed by atoms with E-state index in [4.69, 9.17) is 11.6 Å². The number of amides is 2. The molecule has 0 aliphatic carbocycles. The van der Waals surface area contributed by atoms with Gasteiger partial charge < -0.3 is 20.9 Å². The van der Waals surface area contributed by atoms with Crippen LogP contribution in [0.3, 0.4) is 0 Å². The Labute approximate surface area is 274 Å². The lowest BCUT2D eigenvalue weighted by Gasteiger charge is -2.34.